The van der Waals surface area contributed by atoms with Crippen molar-refractivity contribution in [1.82, 2.24) is 4.57 Å². The van der Waals surface area contributed by atoms with Crippen LogP contribution in [0.1, 0.15) is 19.8 Å². The Morgan fingerprint density at radius 3 is 1.85 bits per heavy atom. The number of unbranched alkanes of at least 4 members (excludes halogenated alkanes) is 1. The Hall–Kier alpha value is -1.61. The zero-order chi connectivity index (χ0) is 20.8. The molecule has 0 aliphatic heterocycles. The molecule has 0 N–H and O–H groups in total. The Labute approximate surface area is 146 Å². The maximum absolute atomic E-state index is 11.4. The van der Waals surface area contributed by atoms with Gasteiger partial charge in [0.05, 0.1) is 12.7 Å². The van der Waals surface area contributed by atoms with Gasteiger partial charge in [-0.1, -0.05) is 19.9 Å². The SMILES string of the molecule is C=C[n+]1ccn(CCCC)c1.O=S(=O)([N-]S(=O)(=O)C(F)(F)F)C(F)(F)F. The summed E-state index contributed by atoms with van der Waals surface area (Å²) in [6.45, 7) is 6.98. The van der Waals surface area contributed by atoms with Crippen LogP contribution in [0.2, 0.25) is 0 Å². The fourth-order valence-corrected chi connectivity index (χ4v) is 2.92. The van der Waals surface area contributed by atoms with Crippen molar-refractivity contribution >= 4 is 26.2 Å². The van der Waals surface area contributed by atoms with Gasteiger partial charge in [-0.25, -0.2) is 26.0 Å². The lowest BCUT2D eigenvalue weighted by Crippen LogP contribution is -2.30. The van der Waals surface area contributed by atoms with Crippen LogP contribution in [0.15, 0.2) is 25.3 Å². The van der Waals surface area contributed by atoms with Gasteiger partial charge in [-0.2, -0.15) is 26.3 Å². The highest BCUT2D eigenvalue weighted by Crippen LogP contribution is 2.36. The fourth-order valence-electron chi connectivity index (χ4n) is 1.21. The first-order chi connectivity index (χ1) is 11.6. The van der Waals surface area contributed by atoms with E-state index in [0.717, 1.165) is 10.7 Å². The van der Waals surface area contributed by atoms with Gasteiger partial charge in [0.1, 0.15) is 12.4 Å². The van der Waals surface area contributed by atoms with Crippen molar-refractivity contribution in [2.24, 2.45) is 0 Å². The monoisotopic (exact) mass is 431 g/mol. The second-order valence-electron chi connectivity index (χ2n) is 4.55. The summed E-state index contributed by atoms with van der Waals surface area (Å²) in [5.41, 5.74) is -12.4. The topological polar surface area (TPSA) is 91.2 Å². The first kappa shape index (κ1) is 24.4. The van der Waals surface area contributed by atoms with E-state index in [0.29, 0.717) is 0 Å². The molecule has 0 fully saturated rings. The zero-order valence-corrected chi connectivity index (χ0v) is 14.8. The van der Waals surface area contributed by atoms with E-state index >= 15 is 0 Å². The summed E-state index contributed by atoms with van der Waals surface area (Å²) in [5, 5.41) is 0. The lowest BCUT2D eigenvalue weighted by atomic mass is 10.3. The molecule has 0 saturated heterocycles. The Bertz CT molecular complexity index is 755. The molecule has 1 heterocycles. The van der Waals surface area contributed by atoms with Crippen LogP contribution < -0.4 is 4.57 Å². The average Bonchev–Trinajstić information content (AvgIpc) is 2.90. The van der Waals surface area contributed by atoms with Gasteiger partial charge in [-0.15, -0.1) is 0 Å². The number of aromatic nitrogens is 2. The van der Waals surface area contributed by atoms with E-state index in [1.165, 1.54) is 12.8 Å². The van der Waals surface area contributed by atoms with E-state index in [2.05, 4.69) is 24.3 Å². The molecule has 26 heavy (non-hydrogen) atoms. The predicted octanol–water partition coefficient (Wildman–Crippen LogP) is 2.74. The summed E-state index contributed by atoms with van der Waals surface area (Å²) in [6, 6.07) is 0. The highest BCUT2D eigenvalue weighted by atomic mass is 32.3. The number of imidazole rings is 1. The van der Waals surface area contributed by atoms with Crippen molar-refractivity contribution in [2.45, 2.75) is 37.3 Å². The number of halogens is 6. The molecule has 0 spiro atoms. The summed E-state index contributed by atoms with van der Waals surface area (Å²) < 4.78 is 113. The second-order valence-corrected chi connectivity index (χ2v) is 7.97. The Balaban J connectivity index is 0.000000502. The summed E-state index contributed by atoms with van der Waals surface area (Å²) in [6.07, 6.45) is 10.4. The van der Waals surface area contributed by atoms with Crippen molar-refractivity contribution < 1.29 is 47.7 Å². The Kier molecular flexibility index (Phi) is 8.31. The van der Waals surface area contributed by atoms with E-state index in [9.17, 15) is 43.2 Å². The van der Waals surface area contributed by atoms with Gasteiger partial charge in [-0.05, 0) is 6.42 Å². The third-order valence-electron chi connectivity index (χ3n) is 2.47. The first-order valence-corrected chi connectivity index (χ1v) is 9.51. The van der Waals surface area contributed by atoms with E-state index in [-0.39, 0.29) is 0 Å². The molecule has 0 aliphatic carbocycles. The van der Waals surface area contributed by atoms with E-state index < -0.39 is 31.1 Å². The van der Waals surface area contributed by atoms with Crippen LogP contribution in [0.4, 0.5) is 26.3 Å². The van der Waals surface area contributed by atoms with Gasteiger partial charge < -0.3 is 4.13 Å². The minimum Gasteiger partial charge on any atom is -0.421 e. The normalized spacial score (nSPS) is 13.0. The molecule has 1 rings (SSSR count). The molecule has 0 radical (unpaired) electrons. The van der Waals surface area contributed by atoms with Crippen LogP contribution >= 0.6 is 0 Å². The summed E-state index contributed by atoms with van der Waals surface area (Å²) in [5.74, 6) is 0. The van der Waals surface area contributed by atoms with Crippen molar-refractivity contribution in [1.29, 1.82) is 0 Å². The molecule has 1 aromatic heterocycles. The van der Waals surface area contributed by atoms with Gasteiger partial charge in [0, 0.05) is 0 Å². The van der Waals surface area contributed by atoms with E-state index in [1.54, 1.807) is 6.20 Å². The minimum absolute atomic E-state index is 0.778. The third-order valence-corrected chi connectivity index (χ3v) is 5.21. The van der Waals surface area contributed by atoms with Gasteiger partial charge in [0.15, 0.2) is 20.0 Å². The molecule has 0 amide bonds. The maximum Gasteiger partial charge on any atom is 0.480 e. The van der Waals surface area contributed by atoms with Gasteiger partial charge in [0.2, 0.25) is 6.33 Å². The molecule has 0 aliphatic rings. The van der Waals surface area contributed by atoms with Crippen LogP contribution in [0.3, 0.4) is 0 Å². The summed E-state index contributed by atoms with van der Waals surface area (Å²) >= 11 is 0. The number of sulfonamides is 2. The molecule has 0 saturated carbocycles. The number of alkyl halides is 6. The first-order valence-electron chi connectivity index (χ1n) is 6.63. The number of hydrogen-bond acceptors (Lipinski definition) is 4. The molecule has 0 unspecified atom stereocenters. The molecule has 1 aromatic rings. The number of aryl methyl sites for hydroxylation is 1. The fraction of sp³-hybridized carbons (Fsp3) is 0.545. The third kappa shape index (κ3) is 7.33. The summed E-state index contributed by atoms with van der Waals surface area (Å²) in [7, 11) is -13.4. The Morgan fingerprint density at radius 2 is 1.54 bits per heavy atom. The van der Waals surface area contributed by atoms with Gasteiger partial charge in [-0.3, -0.25) is 0 Å². The zero-order valence-electron chi connectivity index (χ0n) is 13.2. The standard InChI is InChI=1S/C9H15N2.C2F6NO4S2/c1-3-5-6-11-8-7-10(4-2)9-11;3-1(4,5)14(10,11)9-15(12,13)2(6,7)8/h4,7-9H,2-3,5-6H2,1H3;/q+1;-1. The lowest BCUT2D eigenvalue weighted by molar-refractivity contribution is -0.567. The Morgan fingerprint density at radius 1 is 1.08 bits per heavy atom. The van der Waals surface area contributed by atoms with Gasteiger partial charge in [0.25, 0.3) is 0 Å². The molecule has 152 valence electrons. The number of rotatable bonds is 6. The van der Waals surface area contributed by atoms with Crippen molar-refractivity contribution in [3.63, 3.8) is 0 Å². The molecule has 0 aromatic carbocycles. The molecular weight excluding hydrogens is 416 g/mol. The van der Waals surface area contributed by atoms with Crippen molar-refractivity contribution in [3.8, 4) is 0 Å². The van der Waals surface area contributed by atoms with Crippen LogP contribution in [-0.4, -0.2) is 32.4 Å². The van der Waals surface area contributed by atoms with Gasteiger partial charge >= 0.3 is 11.0 Å². The molecule has 15 heteroatoms. The molecule has 0 bridgehead atoms. The summed E-state index contributed by atoms with van der Waals surface area (Å²) in [4.78, 5) is 0. The highest BCUT2D eigenvalue weighted by molar-refractivity contribution is 8.13. The highest BCUT2D eigenvalue weighted by Gasteiger charge is 2.46. The van der Waals surface area contributed by atoms with Crippen LogP contribution in [-0.2, 0) is 26.6 Å². The minimum atomic E-state index is -6.72. The van der Waals surface area contributed by atoms with E-state index in [1.807, 2.05) is 17.1 Å². The van der Waals surface area contributed by atoms with Crippen molar-refractivity contribution in [2.75, 3.05) is 0 Å². The van der Waals surface area contributed by atoms with Crippen molar-refractivity contribution in [3.05, 3.63) is 29.4 Å². The number of nitrogens with zero attached hydrogens (tertiary/aromatic N) is 3. The number of hydrogen-bond donors (Lipinski definition) is 0. The quantitative estimate of drug-likeness (QED) is 0.512. The van der Waals surface area contributed by atoms with Crippen LogP contribution in [0.5, 0.6) is 0 Å². The van der Waals surface area contributed by atoms with E-state index in [4.69, 9.17) is 0 Å². The lowest BCUT2D eigenvalue weighted by Gasteiger charge is -2.22. The average molecular weight is 431 g/mol. The van der Waals surface area contributed by atoms with Crippen LogP contribution in [0, 0.1) is 0 Å². The second kappa shape index (κ2) is 8.85. The molecule has 7 nitrogen and oxygen atoms in total. The largest absolute Gasteiger partial charge is 0.480 e. The van der Waals surface area contributed by atoms with Crippen LogP contribution in [0.25, 0.3) is 10.3 Å². The molecule has 0 atom stereocenters. The smallest absolute Gasteiger partial charge is 0.421 e. The molecular formula is C11H15F6N3O4S2. The predicted molar refractivity (Wildman–Crippen MR) is 79.2 cm³/mol. The maximum atomic E-state index is 11.4.